The average Bonchev–Trinajstić information content (AvgIpc) is 2.75. The highest BCUT2D eigenvalue weighted by Crippen LogP contribution is 2.25. The van der Waals surface area contributed by atoms with Gasteiger partial charge >= 0.3 is 0 Å². The first-order valence-corrected chi connectivity index (χ1v) is 9.29. The molecule has 3 rings (SSSR count). The lowest BCUT2D eigenvalue weighted by atomic mass is 10.1. The molecular formula is C23H23FN2O3. The molecule has 0 heterocycles. The molecule has 5 nitrogen and oxygen atoms in total. The van der Waals surface area contributed by atoms with Gasteiger partial charge in [0, 0.05) is 17.9 Å². The minimum absolute atomic E-state index is 0.122. The molecule has 1 amide bonds. The number of ether oxygens (including phenoxy) is 2. The van der Waals surface area contributed by atoms with Crippen molar-refractivity contribution in [1.29, 1.82) is 0 Å². The molecule has 0 radical (unpaired) electrons. The van der Waals surface area contributed by atoms with E-state index in [9.17, 15) is 9.18 Å². The Bertz CT molecular complexity index is 945. The highest BCUT2D eigenvalue weighted by Gasteiger charge is 2.07. The zero-order chi connectivity index (χ0) is 20.5. The predicted molar refractivity (Wildman–Crippen MR) is 112 cm³/mol. The van der Waals surface area contributed by atoms with E-state index in [0.717, 1.165) is 5.69 Å². The van der Waals surface area contributed by atoms with Gasteiger partial charge in [-0.05, 0) is 54.4 Å². The van der Waals surface area contributed by atoms with Gasteiger partial charge in [0.2, 0.25) is 0 Å². The number of para-hydroxylation sites is 2. The second-order valence-corrected chi connectivity index (χ2v) is 6.33. The summed E-state index contributed by atoms with van der Waals surface area (Å²) in [6.07, 6.45) is 0.589. The fraction of sp³-hybridized carbons (Fsp3) is 0.174. The number of hydrogen-bond donors (Lipinski definition) is 2. The standard InChI is InChI=1S/C23H23FN2O3/c1-28-21-8-4-5-9-22(21)29-16-23(27)26-19-12-10-18(11-13-19)25-15-14-17-6-2-3-7-20(17)24/h2-13,25H,14-16H2,1H3,(H,26,27). The van der Waals surface area contributed by atoms with Crippen LogP contribution in [0.4, 0.5) is 15.8 Å². The van der Waals surface area contributed by atoms with Crippen LogP contribution in [0.3, 0.4) is 0 Å². The molecule has 3 aromatic carbocycles. The Morgan fingerprint density at radius 3 is 2.28 bits per heavy atom. The van der Waals surface area contributed by atoms with Crippen LogP contribution >= 0.6 is 0 Å². The van der Waals surface area contributed by atoms with Gasteiger partial charge < -0.3 is 20.1 Å². The zero-order valence-corrected chi connectivity index (χ0v) is 16.2. The number of nitrogens with one attached hydrogen (secondary N) is 2. The van der Waals surface area contributed by atoms with Crippen molar-refractivity contribution in [3.05, 3.63) is 84.2 Å². The molecule has 0 spiro atoms. The van der Waals surface area contributed by atoms with Gasteiger partial charge in [-0.2, -0.15) is 0 Å². The molecule has 29 heavy (non-hydrogen) atoms. The summed E-state index contributed by atoms with van der Waals surface area (Å²) >= 11 is 0. The van der Waals surface area contributed by atoms with E-state index in [2.05, 4.69) is 10.6 Å². The van der Waals surface area contributed by atoms with E-state index in [1.165, 1.54) is 6.07 Å². The zero-order valence-electron chi connectivity index (χ0n) is 16.2. The molecule has 0 atom stereocenters. The number of anilines is 2. The molecule has 0 aliphatic rings. The lowest BCUT2D eigenvalue weighted by Gasteiger charge is -2.11. The topological polar surface area (TPSA) is 59.6 Å². The average molecular weight is 394 g/mol. The lowest BCUT2D eigenvalue weighted by Crippen LogP contribution is -2.20. The Hall–Kier alpha value is -3.54. The molecule has 150 valence electrons. The summed E-state index contributed by atoms with van der Waals surface area (Å²) < 4.78 is 24.3. The third kappa shape index (κ3) is 5.97. The van der Waals surface area contributed by atoms with Crippen LogP contribution < -0.4 is 20.1 Å². The second kappa shape index (κ2) is 10.1. The number of rotatable bonds is 9. The van der Waals surface area contributed by atoms with Gasteiger partial charge in [-0.1, -0.05) is 30.3 Å². The summed E-state index contributed by atoms with van der Waals surface area (Å²) in [5.74, 6) is 0.629. The van der Waals surface area contributed by atoms with E-state index in [4.69, 9.17) is 9.47 Å². The summed E-state index contributed by atoms with van der Waals surface area (Å²) in [6.45, 7) is 0.488. The fourth-order valence-corrected chi connectivity index (χ4v) is 2.79. The van der Waals surface area contributed by atoms with Crippen molar-refractivity contribution in [3.63, 3.8) is 0 Å². The van der Waals surface area contributed by atoms with Crippen molar-refractivity contribution >= 4 is 17.3 Å². The minimum Gasteiger partial charge on any atom is -0.493 e. The molecule has 6 heteroatoms. The smallest absolute Gasteiger partial charge is 0.262 e. The Labute approximate surface area is 169 Å². The van der Waals surface area contributed by atoms with Gasteiger partial charge in [0.1, 0.15) is 5.82 Å². The summed E-state index contributed by atoms with van der Waals surface area (Å²) in [4.78, 5) is 12.1. The van der Waals surface area contributed by atoms with Crippen molar-refractivity contribution in [2.45, 2.75) is 6.42 Å². The maximum Gasteiger partial charge on any atom is 0.262 e. The van der Waals surface area contributed by atoms with E-state index in [-0.39, 0.29) is 18.3 Å². The van der Waals surface area contributed by atoms with Gasteiger partial charge in [0.05, 0.1) is 7.11 Å². The van der Waals surface area contributed by atoms with Crippen molar-refractivity contribution in [3.8, 4) is 11.5 Å². The number of carbonyl (C=O) groups is 1. The van der Waals surface area contributed by atoms with Gasteiger partial charge in [-0.3, -0.25) is 4.79 Å². The van der Waals surface area contributed by atoms with Crippen LogP contribution in [0.5, 0.6) is 11.5 Å². The molecule has 0 aliphatic heterocycles. The second-order valence-electron chi connectivity index (χ2n) is 6.33. The molecule has 0 fully saturated rings. The van der Waals surface area contributed by atoms with Gasteiger partial charge in [-0.25, -0.2) is 4.39 Å². The van der Waals surface area contributed by atoms with Crippen molar-refractivity contribution < 1.29 is 18.7 Å². The van der Waals surface area contributed by atoms with Crippen LogP contribution in [-0.2, 0) is 11.2 Å². The number of amides is 1. The van der Waals surface area contributed by atoms with Crippen molar-refractivity contribution in [1.82, 2.24) is 0 Å². The number of hydrogen-bond acceptors (Lipinski definition) is 4. The molecule has 0 unspecified atom stereocenters. The third-order valence-corrected chi connectivity index (χ3v) is 4.28. The highest BCUT2D eigenvalue weighted by molar-refractivity contribution is 5.92. The van der Waals surface area contributed by atoms with Crippen LogP contribution in [0.25, 0.3) is 0 Å². The van der Waals surface area contributed by atoms with E-state index in [1.807, 2.05) is 30.3 Å². The fourth-order valence-electron chi connectivity index (χ4n) is 2.79. The molecular weight excluding hydrogens is 371 g/mol. The number of benzene rings is 3. The predicted octanol–water partition coefficient (Wildman–Crippen LogP) is 4.51. The number of halogens is 1. The molecule has 0 saturated carbocycles. The third-order valence-electron chi connectivity index (χ3n) is 4.28. The molecule has 0 aromatic heterocycles. The van der Waals surface area contributed by atoms with E-state index in [1.54, 1.807) is 43.5 Å². The lowest BCUT2D eigenvalue weighted by molar-refractivity contribution is -0.118. The van der Waals surface area contributed by atoms with Crippen LogP contribution in [0, 0.1) is 5.82 Å². The quantitative estimate of drug-likeness (QED) is 0.561. The van der Waals surface area contributed by atoms with Crippen LogP contribution in [0.2, 0.25) is 0 Å². The molecule has 0 aliphatic carbocycles. The molecule has 0 bridgehead atoms. The Morgan fingerprint density at radius 1 is 0.897 bits per heavy atom. The molecule has 0 saturated heterocycles. The van der Waals surface area contributed by atoms with E-state index < -0.39 is 0 Å². The van der Waals surface area contributed by atoms with Crippen molar-refractivity contribution in [2.24, 2.45) is 0 Å². The Kier molecular flexibility index (Phi) is 7.05. The van der Waals surface area contributed by atoms with Crippen molar-refractivity contribution in [2.75, 3.05) is 30.9 Å². The molecule has 2 N–H and O–H groups in total. The van der Waals surface area contributed by atoms with Crippen LogP contribution in [0.15, 0.2) is 72.8 Å². The van der Waals surface area contributed by atoms with Gasteiger partial charge in [-0.15, -0.1) is 0 Å². The van der Waals surface area contributed by atoms with Crippen LogP contribution in [0.1, 0.15) is 5.56 Å². The molecule has 3 aromatic rings. The number of methoxy groups -OCH3 is 1. The summed E-state index contributed by atoms with van der Waals surface area (Å²) in [5.41, 5.74) is 2.24. The summed E-state index contributed by atoms with van der Waals surface area (Å²) in [7, 11) is 1.55. The van der Waals surface area contributed by atoms with Gasteiger partial charge in [0.15, 0.2) is 18.1 Å². The van der Waals surface area contributed by atoms with E-state index >= 15 is 0 Å². The Balaban J connectivity index is 1.45. The maximum absolute atomic E-state index is 13.6. The Morgan fingerprint density at radius 2 is 1.55 bits per heavy atom. The van der Waals surface area contributed by atoms with E-state index in [0.29, 0.717) is 35.7 Å². The first-order chi connectivity index (χ1) is 14.2. The highest BCUT2D eigenvalue weighted by atomic mass is 19.1. The summed E-state index contributed by atoms with van der Waals surface area (Å²) in [6, 6.07) is 21.2. The summed E-state index contributed by atoms with van der Waals surface area (Å²) in [5, 5.41) is 6.03. The largest absolute Gasteiger partial charge is 0.493 e. The van der Waals surface area contributed by atoms with Gasteiger partial charge in [0.25, 0.3) is 5.91 Å². The minimum atomic E-state index is -0.267. The number of carbonyl (C=O) groups excluding carboxylic acids is 1. The first-order valence-electron chi connectivity index (χ1n) is 9.29. The SMILES string of the molecule is COc1ccccc1OCC(=O)Nc1ccc(NCCc2ccccc2F)cc1. The monoisotopic (exact) mass is 394 g/mol. The maximum atomic E-state index is 13.6. The van der Waals surface area contributed by atoms with Crippen LogP contribution in [-0.4, -0.2) is 26.2 Å². The first kappa shape index (κ1) is 20.2. The normalized spacial score (nSPS) is 10.3.